The Bertz CT molecular complexity index is 718. The van der Waals surface area contributed by atoms with Crippen LogP contribution < -0.4 is 15.0 Å². The van der Waals surface area contributed by atoms with Crippen molar-refractivity contribution in [2.24, 2.45) is 0 Å². The molecule has 5 nitrogen and oxygen atoms in total. The minimum absolute atomic E-state index is 0.0813. The van der Waals surface area contributed by atoms with E-state index in [0.717, 1.165) is 36.5 Å². The molecule has 0 spiro atoms. The average Bonchev–Trinajstić information content (AvgIpc) is 2.66. The Hall–Kier alpha value is -2.53. The normalized spacial score (nSPS) is 13.2. The first-order chi connectivity index (χ1) is 12.3. The third-order valence-electron chi connectivity index (χ3n) is 4.25. The molecule has 25 heavy (non-hydrogen) atoms. The number of carbonyl (C=O) groups is 1. The maximum absolute atomic E-state index is 12.6. The van der Waals surface area contributed by atoms with Crippen molar-refractivity contribution >= 4 is 17.3 Å². The predicted molar refractivity (Wildman–Crippen MR) is 99.4 cm³/mol. The number of hydrogen-bond donors (Lipinski definition) is 1. The van der Waals surface area contributed by atoms with Gasteiger partial charge in [0, 0.05) is 31.1 Å². The predicted octanol–water partition coefficient (Wildman–Crippen LogP) is 3.10. The fourth-order valence-corrected chi connectivity index (χ4v) is 3.00. The molecule has 0 saturated heterocycles. The summed E-state index contributed by atoms with van der Waals surface area (Å²) in [6, 6.07) is 15.8. The molecule has 1 aliphatic heterocycles. The molecular formula is C20H24N2O3. The van der Waals surface area contributed by atoms with E-state index in [1.165, 1.54) is 5.56 Å². The summed E-state index contributed by atoms with van der Waals surface area (Å²) in [6.07, 6.45) is 2.04. The molecule has 1 aliphatic rings. The van der Waals surface area contributed by atoms with Crippen molar-refractivity contribution < 1.29 is 14.3 Å². The van der Waals surface area contributed by atoms with Crippen LogP contribution in [0.15, 0.2) is 48.5 Å². The van der Waals surface area contributed by atoms with Gasteiger partial charge in [0.15, 0.2) is 0 Å². The molecule has 132 valence electrons. The third-order valence-corrected chi connectivity index (χ3v) is 4.25. The molecule has 0 aliphatic carbocycles. The standard InChI is InChI=1S/C20H24N2O3/c1-24-12-13-25-18-9-4-8-17(14-18)21-15-20(23)22-11-5-7-16-6-2-3-10-19(16)22/h2-4,6,8-10,14,21H,5,7,11-13,15H2,1H3. The Morgan fingerprint density at radius 3 is 2.92 bits per heavy atom. The van der Waals surface area contributed by atoms with Crippen molar-refractivity contribution in [3.8, 4) is 5.75 Å². The number of anilines is 2. The molecule has 0 bridgehead atoms. The van der Waals surface area contributed by atoms with Gasteiger partial charge in [-0.3, -0.25) is 4.79 Å². The van der Waals surface area contributed by atoms with Gasteiger partial charge < -0.3 is 19.7 Å². The lowest BCUT2D eigenvalue weighted by Crippen LogP contribution is -2.39. The molecule has 0 aromatic heterocycles. The number of ether oxygens (including phenoxy) is 2. The van der Waals surface area contributed by atoms with Crippen LogP contribution in [-0.2, 0) is 16.0 Å². The van der Waals surface area contributed by atoms with Gasteiger partial charge in [0.1, 0.15) is 12.4 Å². The highest BCUT2D eigenvalue weighted by atomic mass is 16.5. The molecule has 0 radical (unpaired) electrons. The van der Waals surface area contributed by atoms with E-state index in [1.54, 1.807) is 7.11 Å². The number of hydrogen-bond acceptors (Lipinski definition) is 4. The Morgan fingerprint density at radius 2 is 2.04 bits per heavy atom. The number of carbonyl (C=O) groups excluding carboxylic acids is 1. The number of para-hydroxylation sites is 1. The van der Waals surface area contributed by atoms with Crippen molar-refractivity contribution in [1.29, 1.82) is 0 Å². The molecule has 1 heterocycles. The highest BCUT2D eigenvalue weighted by Crippen LogP contribution is 2.26. The SMILES string of the molecule is COCCOc1cccc(NCC(=O)N2CCCc3ccccc32)c1. The van der Waals surface area contributed by atoms with Crippen LogP contribution in [0, 0.1) is 0 Å². The van der Waals surface area contributed by atoms with Crippen LogP contribution in [0.5, 0.6) is 5.75 Å². The number of methoxy groups -OCH3 is 1. The first-order valence-electron chi connectivity index (χ1n) is 8.62. The van der Waals surface area contributed by atoms with Gasteiger partial charge in [-0.1, -0.05) is 24.3 Å². The molecule has 0 unspecified atom stereocenters. The van der Waals surface area contributed by atoms with Crippen LogP contribution in [0.4, 0.5) is 11.4 Å². The Balaban J connectivity index is 1.59. The van der Waals surface area contributed by atoms with E-state index in [2.05, 4.69) is 11.4 Å². The molecular weight excluding hydrogens is 316 g/mol. The number of benzene rings is 2. The van der Waals surface area contributed by atoms with Crippen LogP contribution in [0.3, 0.4) is 0 Å². The molecule has 0 fully saturated rings. The van der Waals surface area contributed by atoms with E-state index in [9.17, 15) is 4.79 Å². The highest BCUT2D eigenvalue weighted by Gasteiger charge is 2.21. The Kier molecular flexibility index (Phi) is 5.90. The zero-order chi connectivity index (χ0) is 17.5. The molecule has 2 aromatic carbocycles. The zero-order valence-corrected chi connectivity index (χ0v) is 14.5. The van der Waals surface area contributed by atoms with Crippen molar-refractivity contribution in [3.05, 3.63) is 54.1 Å². The van der Waals surface area contributed by atoms with E-state index in [1.807, 2.05) is 47.4 Å². The van der Waals surface area contributed by atoms with Gasteiger partial charge in [-0.2, -0.15) is 0 Å². The summed E-state index contributed by atoms with van der Waals surface area (Å²) in [7, 11) is 1.64. The molecule has 5 heteroatoms. The highest BCUT2D eigenvalue weighted by molar-refractivity contribution is 5.97. The van der Waals surface area contributed by atoms with Gasteiger partial charge >= 0.3 is 0 Å². The summed E-state index contributed by atoms with van der Waals surface area (Å²) >= 11 is 0. The average molecular weight is 340 g/mol. The second-order valence-corrected chi connectivity index (χ2v) is 6.00. The summed E-state index contributed by atoms with van der Waals surface area (Å²) in [6.45, 7) is 2.08. The van der Waals surface area contributed by atoms with E-state index in [4.69, 9.17) is 9.47 Å². The molecule has 1 N–H and O–H groups in total. The Labute approximate surface area is 148 Å². The van der Waals surface area contributed by atoms with Crippen LogP contribution >= 0.6 is 0 Å². The Morgan fingerprint density at radius 1 is 1.16 bits per heavy atom. The van der Waals surface area contributed by atoms with Crippen LogP contribution in [-0.4, -0.2) is 39.3 Å². The number of aryl methyl sites for hydroxylation is 1. The second kappa shape index (κ2) is 8.53. The summed E-state index contributed by atoms with van der Waals surface area (Å²) in [5.41, 5.74) is 3.15. The van der Waals surface area contributed by atoms with Gasteiger partial charge in [0.25, 0.3) is 0 Å². The number of nitrogens with one attached hydrogen (secondary N) is 1. The first-order valence-corrected chi connectivity index (χ1v) is 8.62. The number of amides is 1. The second-order valence-electron chi connectivity index (χ2n) is 6.00. The molecule has 1 amide bonds. The van der Waals surface area contributed by atoms with Crippen LogP contribution in [0.2, 0.25) is 0 Å². The molecule has 2 aromatic rings. The van der Waals surface area contributed by atoms with Gasteiger partial charge in [-0.15, -0.1) is 0 Å². The van der Waals surface area contributed by atoms with Crippen LogP contribution in [0.1, 0.15) is 12.0 Å². The zero-order valence-electron chi connectivity index (χ0n) is 14.5. The lowest BCUT2D eigenvalue weighted by Gasteiger charge is -2.29. The smallest absolute Gasteiger partial charge is 0.246 e. The molecule has 3 rings (SSSR count). The van der Waals surface area contributed by atoms with Gasteiger partial charge in [-0.25, -0.2) is 0 Å². The van der Waals surface area contributed by atoms with E-state index >= 15 is 0 Å². The summed E-state index contributed by atoms with van der Waals surface area (Å²) in [4.78, 5) is 14.5. The minimum Gasteiger partial charge on any atom is -0.491 e. The number of nitrogens with zero attached hydrogens (tertiary/aromatic N) is 1. The fourth-order valence-electron chi connectivity index (χ4n) is 3.00. The van der Waals surface area contributed by atoms with Gasteiger partial charge in [-0.05, 0) is 36.6 Å². The summed E-state index contributed by atoms with van der Waals surface area (Å²) < 4.78 is 10.6. The number of fused-ring (bicyclic) bond motifs is 1. The van der Waals surface area contributed by atoms with Crippen LogP contribution in [0.25, 0.3) is 0 Å². The maximum Gasteiger partial charge on any atom is 0.246 e. The largest absolute Gasteiger partial charge is 0.491 e. The van der Waals surface area contributed by atoms with Gasteiger partial charge in [0.2, 0.25) is 5.91 Å². The van der Waals surface area contributed by atoms with E-state index < -0.39 is 0 Å². The molecule has 0 saturated carbocycles. The first kappa shape index (κ1) is 17.3. The van der Waals surface area contributed by atoms with E-state index in [0.29, 0.717) is 13.2 Å². The summed E-state index contributed by atoms with van der Waals surface area (Å²) in [5.74, 6) is 0.843. The molecule has 0 atom stereocenters. The quantitative estimate of drug-likeness (QED) is 0.787. The van der Waals surface area contributed by atoms with Gasteiger partial charge in [0.05, 0.1) is 13.2 Å². The van der Waals surface area contributed by atoms with Crippen molar-refractivity contribution in [2.45, 2.75) is 12.8 Å². The van der Waals surface area contributed by atoms with Crippen molar-refractivity contribution in [3.63, 3.8) is 0 Å². The minimum atomic E-state index is 0.0813. The van der Waals surface area contributed by atoms with Crippen molar-refractivity contribution in [2.75, 3.05) is 43.6 Å². The topological polar surface area (TPSA) is 50.8 Å². The monoisotopic (exact) mass is 340 g/mol. The lowest BCUT2D eigenvalue weighted by molar-refractivity contribution is -0.117. The van der Waals surface area contributed by atoms with E-state index in [-0.39, 0.29) is 12.5 Å². The number of rotatable bonds is 7. The lowest BCUT2D eigenvalue weighted by atomic mass is 10.0. The maximum atomic E-state index is 12.6. The summed E-state index contributed by atoms with van der Waals surface area (Å²) in [5, 5.41) is 3.20. The fraction of sp³-hybridized carbons (Fsp3) is 0.350. The third kappa shape index (κ3) is 4.51. The van der Waals surface area contributed by atoms with Crippen molar-refractivity contribution in [1.82, 2.24) is 0 Å².